The molecule has 0 aromatic heterocycles. The first-order valence-corrected chi connectivity index (χ1v) is 6.22. The number of nitrogens with one attached hydrogen (secondary N) is 1. The molecule has 1 saturated carbocycles. The maximum Gasteiger partial charge on any atom is 0.0986 e. The predicted octanol–water partition coefficient (Wildman–Crippen LogP) is 1.19. The van der Waals surface area contributed by atoms with E-state index in [1.807, 2.05) is 13.8 Å². The molecule has 0 heterocycles. The first-order chi connectivity index (χ1) is 7.72. The van der Waals surface area contributed by atoms with Gasteiger partial charge in [0.25, 0.3) is 0 Å². The molecule has 0 spiro atoms. The lowest BCUT2D eigenvalue weighted by molar-refractivity contribution is -0.132. The summed E-state index contributed by atoms with van der Waals surface area (Å²) in [6.45, 7) is 8.51. The minimum absolute atomic E-state index is 0.189. The Balaban J connectivity index is 2.19. The van der Waals surface area contributed by atoms with Crippen LogP contribution in [0.3, 0.4) is 0 Å². The second kappa shape index (κ2) is 7.22. The molecule has 0 aromatic carbocycles. The van der Waals surface area contributed by atoms with E-state index in [9.17, 15) is 0 Å². The standard InChI is InChI=1S/C12H25NO3/c1-5-15-9(3)8-13-10-7-11(16-6-2)12(10)14-4/h9-13H,5-8H2,1-4H3. The fraction of sp³-hybridized carbons (Fsp3) is 1.00. The molecular formula is C12H25NO3. The number of methoxy groups -OCH3 is 1. The molecule has 4 heteroatoms. The summed E-state index contributed by atoms with van der Waals surface area (Å²) < 4.78 is 16.5. The molecule has 0 aromatic rings. The van der Waals surface area contributed by atoms with E-state index in [2.05, 4.69) is 12.2 Å². The number of hydrogen-bond acceptors (Lipinski definition) is 4. The molecule has 1 fully saturated rings. The summed E-state index contributed by atoms with van der Waals surface area (Å²) in [7, 11) is 1.75. The Morgan fingerprint density at radius 3 is 2.62 bits per heavy atom. The third kappa shape index (κ3) is 3.70. The molecule has 16 heavy (non-hydrogen) atoms. The van der Waals surface area contributed by atoms with Crippen molar-refractivity contribution >= 4 is 0 Å². The van der Waals surface area contributed by atoms with Crippen molar-refractivity contribution in [1.29, 1.82) is 0 Å². The van der Waals surface area contributed by atoms with Crippen LogP contribution >= 0.6 is 0 Å². The molecule has 96 valence electrons. The van der Waals surface area contributed by atoms with Gasteiger partial charge in [-0.2, -0.15) is 0 Å². The summed E-state index contributed by atoms with van der Waals surface area (Å²) in [6, 6.07) is 0.407. The molecule has 4 nitrogen and oxygen atoms in total. The van der Waals surface area contributed by atoms with Gasteiger partial charge in [0.1, 0.15) is 0 Å². The SMILES string of the molecule is CCOC(C)CNC1CC(OCC)C1OC. The first-order valence-electron chi connectivity index (χ1n) is 6.22. The Labute approximate surface area is 98.6 Å². The Bertz CT molecular complexity index is 189. The Hall–Kier alpha value is -0.160. The lowest BCUT2D eigenvalue weighted by Crippen LogP contribution is -2.60. The van der Waals surface area contributed by atoms with Gasteiger partial charge in [-0.1, -0.05) is 0 Å². The molecule has 1 aliphatic carbocycles. The summed E-state index contributed by atoms with van der Waals surface area (Å²) in [4.78, 5) is 0. The molecule has 0 amide bonds. The quantitative estimate of drug-likeness (QED) is 0.681. The molecule has 4 atom stereocenters. The minimum atomic E-state index is 0.189. The molecule has 1 N–H and O–H groups in total. The van der Waals surface area contributed by atoms with Gasteiger partial charge in [-0.3, -0.25) is 0 Å². The molecule has 1 rings (SSSR count). The van der Waals surface area contributed by atoms with Crippen molar-refractivity contribution in [3.8, 4) is 0 Å². The van der Waals surface area contributed by atoms with Gasteiger partial charge in [0.2, 0.25) is 0 Å². The Morgan fingerprint density at radius 1 is 1.31 bits per heavy atom. The van der Waals surface area contributed by atoms with Crippen LogP contribution in [0.2, 0.25) is 0 Å². The molecule has 4 unspecified atom stereocenters. The largest absolute Gasteiger partial charge is 0.377 e. The van der Waals surface area contributed by atoms with Crippen molar-refractivity contribution < 1.29 is 14.2 Å². The van der Waals surface area contributed by atoms with Crippen molar-refractivity contribution in [2.75, 3.05) is 26.9 Å². The van der Waals surface area contributed by atoms with Gasteiger partial charge in [-0.15, -0.1) is 0 Å². The van der Waals surface area contributed by atoms with E-state index in [0.29, 0.717) is 6.04 Å². The lowest BCUT2D eigenvalue weighted by atomic mass is 9.85. The van der Waals surface area contributed by atoms with E-state index in [-0.39, 0.29) is 18.3 Å². The highest BCUT2D eigenvalue weighted by Gasteiger charge is 2.41. The maximum atomic E-state index is 5.57. The van der Waals surface area contributed by atoms with E-state index in [1.165, 1.54) is 0 Å². The van der Waals surface area contributed by atoms with Crippen LogP contribution in [-0.2, 0) is 14.2 Å². The number of hydrogen-bond donors (Lipinski definition) is 1. The Kier molecular flexibility index (Phi) is 6.28. The van der Waals surface area contributed by atoms with Crippen LogP contribution in [0, 0.1) is 0 Å². The van der Waals surface area contributed by atoms with Gasteiger partial charge in [-0.05, 0) is 27.2 Å². The van der Waals surface area contributed by atoms with E-state index in [4.69, 9.17) is 14.2 Å². The van der Waals surface area contributed by atoms with E-state index in [1.54, 1.807) is 7.11 Å². The first kappa shape index (κ1) is 13.9. The van der Waals surface area contributed by atoms with Gasteiger partial charge >= 0.3 is 0 Å². The van der Waals surface area contributed by atoms with Gasteiger partial charge in [0.05, 0.1) is 18.3 Å². The molecule has 0 saturated heterocycles. The highest BCUT2D eigenvalue weighted by molar-refractivity contribution is 4.97. The van der Waals surface area contributed by atoms with E-state index >= 15 is 0 Å². The van der Waals surface area contributed by atoms with Crippen LogP contribution in [0.1, 0.15) is 27.2 Å². The van der Waals surface area contributed by atoms with Crippen LogP contribution in [0.25, 0.3) is 0 Å². The third-order valence-electron chi connectivity index (χ3n) is 3.02. The Morgan fingerprint density at radius 2 is 2.06 bits per heavy atom. The van der Waals surface area contributed by atoms with Crippen molar-refractivity contribution in [3.63, 3.8) is 0 Å². The highest BCUT2D eigenvalue weighted by atomic mass is 16.5. The van der Waals surface area contributed by atoms with Crippen molar-refractivity contribution in [3.05, 3.63) is 0 Å². The number of ether oxygens (including phenoxy) is 3. The highest BCUT2D eigenvalue weighted by Crippen LogP contribution is 2.26. The second-order valence-corrected chi connectivity index (χ2v) is 4.21. The fourth-order valence-electron chi connectivity index (χ4n) is 2.14. The topological polar surface area (TPSA) is 39.7 Å². The van der Waals surface area contributed by atoms with Gasteiger partial charge in [0, 0.05) is 32.9 Å². The van der Waals surface area contributed by atoms with Crippen LogP contribution in [0.5, 0.6) is 0 Å². The average Bonchev–Trinajstić information content (AvgIpc) is 2.23. The summed E-state index contributed by atoms with van der Waals surface area (Å²) in [5.41, 5.74) is 0. The molecule has 0 radical (unpaired) electrons. The van der Waals surface area contributed by atoms with Gasteiger partial charge in [-0.25, -0.2) is 0 Å². The van der Waals surface area contributed by atoms with Crippen molar-refractivity contribution in [1.82, 2.24) is 5.32 Å². The summed E-state index contributed by atoms with van der Waals surface area (Å²) in [5, 5.41) is 3.46. The van der Waals surface area contributed by atoms with Crippen molar-refractivity contribution in [2.24, 2.45) is 0 Å². The monoisotopic (exact) mass is 231 g/mol. The van der Waals surface area contributed by atoms with E-state index < -0.39 is 0 Å². The molecule has 0 aliphatic heterocycles. The molecule has 0 bridgehead atoms. The third-order valence-corrected chi connectivity index (χ3v) is 3.02. The zero-order valence-corrected chi connectivity index (χ0v) is 10.9. The van der Waals surface area contributed by atoms with Crippen molar-refractivity contribution in [2.45, 2.75) is 51.5 Å². The lowest BCUT2D eigenvalue weighted by Gasteiger charge is -2.43. The summed E-state index contributed by atoms with van der Waals surface area (Å²) >= 11 is 0. The second-order valence-electron chi connectivity index (χ2n) is 4.21. The summed E-state index contributed by atoms with van der Waals surface area (Å²) in [5.74, 6) is 0. The normalized spacial score (nSPS) is 31.1. The van der Waals surface area contributed by atoms with Crippen LogP contribution in [0.15, 0.2) is 0 Å². The zero-order chi connectivity index (χ0) is 12.0. The zero-order valence-electron chi connectivity index (χ0n) is 10.9. The van der Waals surface area contributed by atoms with Gasteiger partial charge in [0.15, 0.2) is 0 Å². The van der Waals surface area contributed by atoms with Crippen LogP contribution < -0.4 is 5.32 Å². The summed E-state index contributed by atoms with van der Waals surface area (Å²) in [6.07, 6.45) is 1.74. The van der Waals surface area contributed by atoms with Crippen LogP contribution in [-0.4, -0.2) is 51.2 Å². The molecule has 1 aliphatic rings. The smallest absolute Gasteiger partial charge is 0.0986 e. The fourth-order valence-corrected chi connectivity index (χ4v) is 2.14. The minimum Gasteiger partial charge on any atom is -0.377 e. The van der Waals surface area contributed by atoms with Crippen LogP contribution in [0.4, 0.5) is 0 Å². The predicted molar refractivity (Wildman–Crippen MR) is 63.7 cm³/mol. The van der Waals surface area contributed by atoms with E-state index in [0.717, 1.165) is 26.2 Å². The van der Waals surface area contributed by atoms with Gasteiger partial charge < -0.3 is 19.5 Å². The number of rotatable bonds is 8. The molecular weight excluding hydrogens is 206 g/mol. The maximum absolute atomic E-state index is 5.57. The average molecular weight is 231 g/mol.